The number of unbranched alkanes of at least 4 members (excludes halogenated alkanes) is 3. The Labute approximate surface area is 398 Å². The van der Waals surface area contributed by atoms with Gasteiger partial charge in [-0.3, -0.25) is 4.79 Å². The number of hydrogen-bond acceptors (Lipinski definition) is 6. The van der Waals surface area contributed by atoms with Gasteiger partial charge in [0.2, 0.25) is 5.88 Å². The summed E-state index contributed by atoms with van der Waals surface area (Å²) in [7, 11) is 3.88. The lowest BCUT2D eigenvalue weighted by atomic mass is 9.70. The molecule has 7 heteroatoms. The van der Waals surface area contributed by atoms with Crippen LogP contribution in [0.3, 0.4) is 0 Å². The maximum absolute atomic E-state index is 13.4. The predicted octanol–water partition coefficient (Wildman–Crippen LogP) is 11.8. The highest BCUT2D eigenvalue weighted by atomic mass is 31.2. The van der Waals surface area contributed by atoms with Crippen molar-refractivity contribution >= 4 is 50.8 Å². The van der Waals surface area contributed by atoms with Crippen molar-refractivity contribution in [1.82, 2.24) is 9.88 Å². The molecule has 1 unspecified atom stereocenters. The summed E-state index contributed by atoms with van der Waals surface area (Å²) in [6, 6.07) is 66.3. The molecule has 67 heavy (non-hydrogen) atoms. The highest BCUT2D eigenvalue weighted by Crippen LogP contribution is 2.56. The molecular formula is C60H64N2O4P+. The van der Waals surface area contributed by atoms with Crippen LogP contribution < -0.4 is 20.7 Å². The maximum atomic E-state index is 13.4. The topological polar surface area (TPSA) is 71.9 Å². The number of ether oxygens (including phenoxy) is 2. The lowest BCUT2D eigenvalue weighted by Crippen LogP contribution is -2.38. The standard InChI is InChI=1S/C60H64N2O4P/c1-62(2)41-40-60(64,55-36-23-28-47-25-18-19-35-53(47)55)58(48-26-9-4-10-27-48)54-45-49-44-46(38-39-56(49)61-59(54)65-3)24-20-21-42-66-57(63)37-17-8-22-43-67(50-29-11-5-12-30-50,51-31-13-6-14-32-51)52-33-15-7-16-34-52/h4-7,9-16,18-19,23,25-36,38-39,44-45,58,64H,8,17,20-22,24,37,40-43H2,1-3H3/q+1/t58-,60?/m1/s1. The molecule has 7 aromatic carbocycles. The van der Waals surface area contributed by atoms with Crippen LogP contribution in [0.4, 0.5) is 0 Å². The van der Waals surface area contributed by atoms with Gasteiger partial charge in [-0.15, -0.1) is 0 Å². The number of rotatable bonds is 22. The van der Waals surface area contributed by atoms with E-state index in [0.29, 0.717) is 31.9 Å². The van der Waals surface area contributed by atoms with Gasteiger partial charge in [-0.05, 0) is 141 Å². The molecule has 342 valence electrons. The van der Waals surface area contributed by atoms with E-state index in [2.05, 4.69) is 157 Å². The van der Waals surface area contributed by atoms with E-state index in [1.165, 1.54) is 21.5 Å². The zero-order chi connectivity index (χ0) is 46.5. The first-order valence-corrected chi connectivity index (χ1v) is 25.9. The molecular weight excluding hydrogens is 844 g/mol. The molecule has 2 atom stereocenters. The van der Waals surface area contributed by atoms with Crippen LogP contribution >= 0.6 is 7.26 Å². The number of aryl methyl sites for hydroxylation is 1. The fraction of sp³-hybridized carbons (Fsp3) is 0.267. The van der Waals surface area contributed by atoms with Gasteiger partial charge >= 0.3 is 5.97 Å². The van der Waals surface area contributed by atoms with Gasteiger partial charge in [-0.2, -0.15) is 0 Å². The first-order chi connectivity index (χ1) is 32.8. The van der Waals surface area contributed by atoms with Crippen molar-refractivity contribution in [2.75, 3.05) is 40.5 Å². The van der Waals surface area contributed by atoms with Crippen LogP contribution in [0.5, 0.6) is 5.88 Å². The molecule has 0 aliphatic rings. The van der Waals surface area contributed by atoms with Crippen LogP contribution in [-0.2, 0) is 21.6 Å². The molecule has 8 rings (SSSR count). The third-order valence-electron chi connectivity index (χ3n) is 13.3. The molecule has 1 aromatic heterocycles. The summed E-state index contributed by atoms with van der Waals surface area (Å²) in [6.07, 6.45) is 7.31. The second kappa shape index (κ2) is 22.5. The first-order valence-electron chi connectivity index (χ1n) is 23.9. The van der Waals surface area contributed by atoms with E-state index < -0.39 is 18.8 Å². The number of benzene rings is 7. The van der Waals surface area contributed by atoms with Crippen molar-refractivity contribution in [1.29, 1.82) is 0 Å². The zero-order valence-electron chi connectivity index (χ0n) is 39.3. The molecule has 0 amide bonds. The Hall–Kier alpha value is -6.17. The molecule has 0 aliphatic carbocycles. The largest absolute Gasteiger partial charge is 0.481 e. The van der Waals surface area contributed by atoms with Crippen molar-refractivity contribution in [2.45, 2.75) is 62.9 Å². The van der Waals surface area contributed by atoms with E-state index in [1.807, 2.05) is 50.5 Å². The fourth-order valence-corrected chi connectivity index (χ4v) is 14.3. The van der Waals surface area contributed by atoms with Gasteiger partial charge in [0.15, 0.2) is 0 Å². The van der Waals surface area contributed by atoms with Crippen LogP contribution in [0.1, 0.15) is 73.1 Å². The summed E-state index contributed by atoms with van der Waals surface area (Å²) in [5, 5.41) is 20.7. The molecule has 0 spiro atoms. The number of carbonyl (C=O) groups is 1. The van der Waals surface area contributed by atoms with Gasteiger partial charge in [0.05, 0.1) is 25.4 Å². The Bertz CT molecular complexity index is 2720. The SMILES string of the molecule is COc1nc2ccc(CCCCOC(=O)CCCCC[P+](c3ccccc3)(c3ccccc3)c3ccccc3)cc2cc1[C@@H](c1ccccc1)C(O)(CCN(C)C)c1cccc2ccccc12. The van der Waals surface area contributed by atoms with Crippen LogP contribution in [0.2, 0.25) is 0 Å². The number of nitrogens with zero attached hydrogens (tertiary/aromatic N) is 2. The Kier molecular flexibility index (Phi) is 15.9. The molecule has 0 fully saturated rings. The fourth-order valence-electron chi connectivity index (χ4n) is 9.91. The molecule has 0 saturated heterocycles. The average Bonchev–Trinajstić information content (AvgIpc) is 3.37. The van der Waals surface area contributed by atoms with E-state index in [1.54, 1.807) is 7.11 Å². The number of methoxy groups -OCH3 is 1. The van der Waals surface area contributed by atoms with Crippen LogP contribution in [-0.4, -0.2) is 61.5 Å². The third-order valence-corrected chi connectivity index (χ3v) is 17.8. The minimum atomic E-state index is -1.87. The molecule has 1 N–H and O–H groups in total. The molecule has 0 aliphatic heterocycles. The van der Waals surface area contributed by atoms with Gasteiger partial charge in [-0.25, -0.2) is 4.98 Å². The molecule has 1 heterocycles. The molecule has 0 bridgehead atoms. The van der Waals surface area contributed by atoms with E-state index in [4.69, 9.17) is 14.5 Å². The highest BCUT2D eigenvalue weighted by molar-refractivity contribution is 7.95. The summed E-state index contributed by atoms with van der Waals surface area (Å²) in [6.45, 7) is 1.09. The second-order valence-corrected chi connectivity index (χ2v) is 21.6. The number of carbonyl (C=O) groups excluding carboxylic acids is 1. The van der Waals surface area contributed by atoms with Crippen LogP contribution in [0.15, 0.2) is 188 Å². The Morgan fingerprint density at radius 3 is 1.91 bits per heavy atom. The number of fused-ring (bicyclic) bond motifs is 2. The van der Waals surface area contributed by atoms with Crippen LogP contribution in [0, 0.1) is 0 Å². The van der Waals surface area contributed by atoms with Crippen molar-refractivity contribution in [3.8, 4) is 5.88 Å². The van der Waals surface area contributed by atoms with Crippen LogP contribution in [0.25, 0.3) is 21.7 Å². The molecule has 8 aromatic rings. The number of aromatic nitrogens is 1. The number of hydrogen-bond donors (Lipinski definition) is 1. The van der Waals surface area contributed by atoms with E-state index in [-0.39, 0.29) is 5.97 Å². The zero-order valence-corrected chi connectivity index (χ0v) is 40.2. The van der Waals surface area contributed by atoms with E-state index in [0.717, 1.165) is 83.1 Å². The summed E-state index contributed by atoms with van der Waals surface area (Å²) < 4.78 is 11.8. The third kappa shape index (κ3) is 11.0. The van der Waals surface area contributed by atoms with Gasteiger partial charge in [0.1, 0.15) is 28.8 Å². The minimum Gasteiger partial charge on any atom is -0.481 e. The summed E-state index contributed by atoms with van der Waals surface area (Å²) >= 11 is 0. The quantitative estimate of drug-likeness (QED) is 0.0415. The van der Waals surface area contributed by atoms with Gasteiger partial charge in [-0.1, -0.05) is 133 Å². The molecule has 6 nitrogen and oxygen atoms in total. The van der Waals surface area contributed by atoms with Crippen molar-refractivity contribution in [2.24, 2.45) is 0 Å². The summed E-state index contributed by atoms with van der Waals surface area (Å²) in [4.78, 5) is 20.1. The maximum Gasteiger partial charge on any atom is 0.305 e. The van der Waals surface area contributed by atoms with Crippen molar-refractivity contribution < 1.29 is 19.4 Å². The number of aliphatic hydroxyl groups is 1. The Morgan fingerprint density at radius 1 is 0.657 bits per heavy atom. The van der Waals surface area contributed by atoms with Crippen molar-refractivity contribution in [3.63, 3.8) is 0 Å². The summed E-state index contributed by atoms with van der Waals surface area (Å²) in [5.74, 6) is -0.103. The normalized spacial score (nSPS) is 13.1. The summed E-state index contributed by atoms with van der Waals surface area (Å²) in [5.41, 5.74) is 3.41. The highest BCUT2D eigenvalue weighted by Gasteiger charge is 2.45. The number of pyridine rings is 1. The predicted molar refractivity (Wildman–Crippen MR) is 280 cm³/mol. The monoisotopic (exact) mass is 907 g/mol. The van der Waals surface area contributed by atoms with E-state index in [9.17, 15) is 9.90 Å². The molecule has 0 radical (unpaired) electrons. The number of esters is 1. The first kappa shape index (κ1) is 47.3. The smallest absolute Gasteiger partial charge is 0.305 e. The Balaban J connectivity index is 0.915. The lowest BCUT2D eigenvalue weighted by molar-refractivity contribution is -0.143. The lowest BCUT2D eigenvalue weighted by Gasteiger charge is -2.39. The Morgan fingerprint density at radius 2 is 1.27 bits per heavy atom. The average molecular weight is 908 g/mol. The molecule has 0 saturated carbocycles. The van der Waals surface area contributed by atoms with Gasteiger partial charge in [0, 0.05) is 29.8 Å². The van der Waals surface area contributed by atoms with Gasteiger partial charge in [0.25, 0.3) is 0 Å². The van der Waals surface area contributed by atoms with E-state index >= 15 is 0 Å². The van der Waals surface area contributed by atoms with Gasteiger partial charge < -0.3 is 19.5 Å². The second-order valence-electron chi connectivity index (χ2n) is 18.0. The van der Waals surface area contributed by atoms with Crippen molar-refractivity contribution in [3.05, 3.63) is 210 Å². The minimum absolute atomic E-state index is 0.115.